The summed E-state index contributed by atoms with van der Waals surface area (Å²) in [7, 11) is -2.80. The highest BCUT2D eigenvalue weighted by molar-refractivity contribution is 7.89. The van der Waals surface area contributed by atoms with Gasteiger partial charge in [0.05, 0.1) is 5.39 Å². The maximum Gasteiger partial charge on any atom is 0.329 e. The van der Waals surface area contributed by atoms with E-state index in [1.807, 2.05) is 0 Å². The first-order valence-corrected chi connectivity index (χ1v) is 8.32. The second kappa shape index (κ2) is 6.17. The number of hydrogen-bond acceptors (Lipinski definition) is 6. The third kappa shape index (κ3) is 3.08. The number of rotatable bonds is 5. The first-order chi connectivity index (χ1) is 11.1. The second-order valence-electron chi connectivity index (χ2n) is 5.40. The average Bonchev–Trinajstić information content (AvgIpc) is 2.49. The molecule has 2 N–H and O–H groups in total. The molecule has 0 fully saturated rings. The van der Waals surface area contributed by atoms with Crippen LogP contribution in [-0.4, -0.2) is 50.9 Å². The number of carboxylic acid groups (broad SMARTS) is 1. The number of pyridine rings is 1. The highest BCUT2D eigenvalue weighted by Crippen LogP contribution is 2.19. The van der Waals surface area contributed by atoms with Crippen molar-refractivity contribution in [2.45, 2.75) is 24.8 Å². The van der Waals surface area contributed by atoms with E-state index in [1.54, 1.807) is 0 Å². The third-order valence-corrected chi connectivity index (χ3v) is 5.39. The van der Waals surface area contributed by atoms with Gasteiger partial charge >= 0.3 is 11.7 Å². The summed E-state index contributed by atoms with van der Waals surface area (Å²) >= 11 is 0. The molecule has 0 aliphatic rings. The van der Waals surface area contributed by atoms with Crippen molar-refractivity contribution in [1.82, 2.24) is 18.8 Å². The van der Waals surface area contributed by atoms with Gasteiger partial charge in [0.1, 0.15) is 17.1 Å². The van der Waals surface area contributed by atoms with E-state index in [1.165, 1.54) is 20.9 Å². The van der Waals surface area contributed by atoms with Gasteiger partial charge in [0.2, 0.25) is 10.0 Å². The zero-order chi connectivity index (χ0) is 18.2. The Bertz CT molecular complexity index is 1020. The first kappa shape index (κ1) is 17.8. The maximum absolute atomic E-state index is 12.7. The zero-order valence-electron chi connectivity index (χ0n) is 13.2. The van der Waals surface area contributed by atoms with Gasteiger partial charge in [-0.15, -0.1) is 0 Å². The summed E-state index contributed by atoms with van der Waals surface area (Å²) in [6.07, 6.45) is 0.994. The quantitative estimate of drug-likeness (QED) is 0.707. The lowest BCUT2D eigenvalue weighted by atomic mass is 10.3. The summed E-state index contributed by atoms with van der Waals surface area (Å²) in [5.41, 5.74) is -1.42. The van der Waals surface area contributed by atoms with Crippen molar-refractivity contribution in [2.75, 3.05) is 6.54 Å². The molecule has 0 unspecified atom stereocenters. The standard InChI is InChI=1S/C13H16N4O6S/c1-7(2)17(6-10(18)19)24(22,23)8-4-9-11(14-5-8)16(3)13(21)15-12(9)20/h4-5,7H,6H2,1-3H3,(H,18,19)(H,15,20,21). The van der Waals surface area contributed by atoms with Gasteiger partial charge in [-0.2, -0.15) is 4.31 Å². The van der Waals surface area contributed by atoms with Crippen LogP contribution < -0.4 is 11.2 Å². The monoisotopic (exact) mass is 356 g/mol. The van der Waals surface area contributed by atoms with Gasteiger partial charge in [-0.25, -0.2) is 18.2 Å². The number of H-pyrrole nitrogens is 1. The zero-order valence-corrected chi connectivity index (χ0v) is 14.0. The van der Waals surface area contributed by atoms with Crippen LogP contribution in [0.1, 0.15) is 13.8 Å². The molecule has 0 aliphatic carbocycles. The highest BCUT2D eigenvalue weighted by Gasteiger charge is 2.30. The number of aliphatic carboxylic acids is 1. The molecule has 0 aromatic carbocycles. The molecule has 2 rings (SSSR count). The number of nitrogens with zero attached hydrogens (tertiary/aromatic N) is 3. The number of sulfonamides is 1. The van der Waals surface area contributed by atoms with Crippen molar-refractivity contribution in [1.29, 1.82) is 0 Å². The summed E-state index contributed by atoms with van der Waals surface area (Å²) in [5.74, 6) is -1.30. The number of nitrogens with one attached hydrogen (secondary N) is 1. The molecule has 2 heterocycles. The van der Waals surface area contributed by atoms with Crippen LogP contribution in [0.5, 0.6) is 0 Å². The minimum absolute atomic E-state index is 0.0250. The summed E-state index contributed by atoms with van der Waals surface area (Å²) in [6.45, 7) is 2.35. The Hall–Kier alpha value is -2.53. The van der Waals surface area contributed by atoms with E-state index in [-0.39, 0.29) is 15.9 Å². The van der Waals surface area contributed by atoms with Crippen molar-refractivity contribution < 1.29 is 18.3 Å². The Morgan fingerprint density at radius 3 is 2.58 bits per heavy atom. The molecule has 2 aromatic heterocycles. The fourth-order valence-corrected chi connectivity index (χ4v) is 3.73. The van der Waals surface area contributed by atoms with Crippen LogP contribution in [0.2, 0.25) is 0 Å². The summed E-state index contributed by atoms with van der Waals surface area (Å²) in [6, 6.07) is 0.466. The number of aromatic amines is 1. The van der Waals surface area contributed by atoms with Gasteiger partial charge in [-0.3, -0.25) is 19.1 Å². The molecule has 0 radical (unpaired) electrons. The summed E-state index contributed by atoms with van der Waals surface area (Å²) in [4.78, 5) is 40.0. The van der Waals surface area contributed by atoms with E-state index >= 15 is 0 Å². The fourth-order valence-electron chi connectivity index (χ4n) is 2.17. The molecular formula is C13H16N4O6S. The van der Waals surface area contributed by atoms with Crippen LogP contribution in [0, 0.1) is 0 Å². The van der Waals surface area contributed by atoms with Crippen LogP contribution in [0.4, 0.5) is 0 Å². The van der Waals surface area contributed by atoms with E-state index in [0.717, 1.165) is 21.1 Å². The molecule has 11 heteroatoms. The lowest BCUT2D eigenvalue weighted by Gasteiger charge is -2.24. The Morgan fingerprint density at radius 1 is 1.42 bits per heavy atom. The molecule has 0 amide bonds. The Kier molecular flexibility index (Phi) is 4.58. The third-order valence-electron chi connectivity index (χ3n) is 3.40. The summed E-state index contributed by atoms with van der Waals surface area (Å²) < 4.78 is 27.2. The van der Waals surface area contributed by atoms with Crippen LogP contribution in [0.15, 0.2) is 26.7 Å². The number of carbonyl (C=O) groups is 1. The fraction of sp³-hybridized carbons (Fsp3) is 0.385. The van der Waals surface area contributed by atoms with Gasteiger partial charge < -0.3 is 5.11 Å². The van der Waals surface area contributed by atoms with Gasteiger partial charge in [-0.05, 0) is 19.9 Å². The molecular weight excluding hydrogens is 340 g/mol. The van der Waals surface area contributed by atoms with Crippen LogP contribution in [0.25, 0.3) is 11.0 Å². The lowest BCUT2D eigenvalue weighted by molar-refractivity contribution is -0.137. The molecule has 0 aliphatic heterocycles. The number of fused-ring (bicyclic) bond motifs is 1. The molecule has 0 spiro atoms. The number of aryl methyl sites for hydroxylation is 1. The Balaban J connectivity index is 2.69. The minimum atomic E-state index is -4.18. The van der Waals surface area contributed by atoms with E-state index in [2.05, 4.69) is 9.97 Å². The number of aromatic nitrogens is 3. The van der Waals surface area contributed by atoms with Crippen molar-refractivity contribution in [3.05, 3.63) is 33.1 Å². The topological polar surface area (TPSA) is 142 Å². The molecule has 0 bridgehead atoms. The van der Waals surface area contributed by atoms with Gasteiger partial charge in [0, 0.05) is 19.3 Å². The van der Waals surface area contributed by atoms with Crippen LogP contribution in [-0.2, 0) is 21.9 Å². The maximum atomic E-state index is 12.7. The molecule has 0 saturated carbocycles. The molecule has 0 saturated heterocycles. The number of carboxylic acids is 1. The van der Waals surface area contributed by atoms with E-state index in [9.17, 15) is 22.8 Å². The molecule has 10 nitrogen and oxygen atoms in total. The average molecular weight is 356 g/mol. The normalized spacial score (nSPS) is 12.2. The van der Waals surface area contributed by atoms with Crippen LogP contribution >= 0.6 is 0 Å². The van der Waals surface area contributed by atoms with Crippen molar-refractivity contribution in [2.24, 2.45) is 7.05 Å². The largest absolute Gasteiger partial charge is 0.480 e. The molecule has 130 valence electrons. The lowest BCUT2D eigenvalue weighted by Crippen LogP contribution is -2.40. The van der Waals surface area contributed by atoms with Gasteiger partial charge in [0.25, 0.3) is 5.56 Å². The predicted octanol–water partition coefficient (Wildman–Crippen LogP) is -0.894. The summed E-state index contributed by atoms with van der Waals surface area (Å²) in [5, 5.41) is 8.83. The van der Waals surface area contributed by atoms with Crippen molar-refractivity contribution >= 4 is 27.0 Å². The van der Waals surface area contributed by atoms with Gasteiger partial charge in [0.15, 0.2) is 0 Å². The highest BCUT2D eigenvalue weighted by atomic mass is 32.2. The first-order valence-electron chi connectivity index (χ1n) is 6.88. The van der Waals surface area contributed by atoms with Crippen molar-refractivity contribution in [3.63, 3.8) is 0 Å². The van der Waals surface area contributed by atoms with Crippen molar-refractivity contribution in [3.8, 4) is 0 Å². The van der Waals surface area contributed by atoms with E-state index in [4.69, 9.17) is 5.11 Å². The van der Waals surface area contributed by atoms with E-state index in [0.29, 0.717) is 0 Å². The Morgan fingerprint density at radius 2 is 2.04 bits per heavy atom. The minimum Gasteiger partial charge on any atom is -0.480 e. The molecule has 24 heavy (non-hydrogen) atoms. The van der Waals surface area contributed by atoms with Gasteiger partial charge in [-0.1, -0.05) is 0 Å². The van der Waals surface area contributed by atoms with Crippen LogP contribution in [0.3, 0.4) is 0 Å². The SMILES string of the molecule is CC(C)N(CC(=O)O)S(=O)(=O)c1cnc2c(c1)c(=O)[nH]c(=O)n2C. The second-order valence-corrected chi connectivity index (χ2v) is 7.29. The molecule has 2 aromatic rings. The smallest absolute Gasteiger partial charge is 0.329 e. The number of hydrogen-bond donors (Lipinski definition) is 2. The van der Waals surface area contributed by atoms with E-state index < -0.39 is 39.8 Å². The Labute approximate surface area is 136 Å². The molecule has 0 atom stereocenters. The predicted molar refractivity (Wildman–Crippen MR) is 84.3 cm³/mol.